The van der Waals surface area contributed by atoms with Gasteiger partial charge in [-0.15, -0.1) is 0 Å². The lowest BCUT2D eigenvalue weighted by molar-refractivity contribution is -0.0676. The Bertz CT molecular complexity index is 46.8. The molecule has 0 saturated heterocycles. The van der Waals surface area contributed by atoms with Crippen LogP contribution in [0.25, 0.3) is 0 Å². The van der Waals surface area contributed by atoms with Crippen LogP contribution in [-0.2, 0) is 0 Å². The highest BCUT2D eigenvalue weighted by Crippen LogP contribution is 2.30. The number of hydrogen-bond acceptors (Lipinski definition) is 3. The molecular weight excluding hydrogens is 82.0 g/mol. The summed E-state index contributed by atoms with van der Waals surface area (Å²) in [5, 5.41) is 16.4. The highest BCUT2D eigenvalue weighted by Gasteiger charge is 2.37. The van der Waals surface area contributed by atoms with Crippen molar-refractivity contribution in [3.63, 3.8) is 0 Å². The molecule has 3 heteroatoms. The third kappa shape index (κ3) is 1.35. The normalized spacial score (nSPS) is 25.0. The lowest BCUT2D eigenvalue weighted by Gasteiger charge is -1.87. The Morgan fingerprint density at radius 3 is 1.33 bits per heavy atom. The van der Waals surface area contributed by atoms with Gasteiger partial charge in [-0.3, -0.25) is 0 Å². The Labute approximate surface area is 36.2 Å². The van der Waals surface area contributed by atoms with E-state index in [-0.39, 0.29) is 6.15 Å². The van der Waals surface area contributed by atoms with Gasteiger partial charge in [0, 0.05) is 12.8 Å². The molecule has 1 fully saturated rings. The number of rotatable bonds is 0. The Morgan fingerprint density at radius 1 is 1.17 bits per heavy atom. The molecule has 0 aromatic heterocycles. The van der Waals surface area contributed by atoms with Crippen LogP contribution in [-0.4, -0.2) is 16.0 Å². The summed E-state index contributed by atoms with van der Waals surface area (Å²) in [6.45, 7) is 0. The standard InChI is InChI=1S/C3H6O2.H3N/c4-3(5)1-2-3;/h4-5H,1-2H2;1H3. The van der Waals surface area contributed by atoms with Gasteiger partial charge in [-0.2, -0.15) is 0 Å². The van der Waals surface area contributed by atoms with Crippen LogP contribution < -0.4 is 6.15 Å². The van der Waals surface area contributed by atoms with E-state index in [1.54, 1.807) is 0 Å². The number of aliphatic hydroxyl groups is 2. The Kier molecular flexibility index (Phi) is 1.16. The second-order valence-corrected chi connectivity index (χ2v) is 1.48. The molecule has 0 aliphatic heterocycles. The van der Waals surface area contributed by atoms with Gasteiger partial charge in [-0.05, 0) is 0 Å². The van der Waals surface area contributed by atoms with Gasteiger partial charge in [0.1, 0.15) is 0 Å². The SMILES string of the molecule is N.OC1(O)CC1. The molecule has 0 spiro atoms. The van der Waals surface area contributed by atoms with Crippen molar-refractivity contribution in [1.82, 2.24) is 6.15 Å². The molecule has 1 aliphatic carbocycles. The molecule has 0 atom stereocenters. The molecule has 38 valence electrons. The minimum absolute atomic E-state index is 0. The molecule has 0 unspecified atom stereocenters. The maximum Gasteiger partial charge on any atom is 0.162 e. The van der Waals surface area contributed by atoms with Crippen LogP contribution in [0.4, 0.5) is 0 Å². The van der Waals surface area contributed by atoms with E-state index >= 15 is 0 Å². The van der Waals surface area contributed by atoms with Crippen LogP contribution in [0, 0.1) is 0 Å². The van der Waals surface area contributed by atoms with Crippen molar-refractivity contribution in [3.8, 4) is 0 Å². The molecule has 0 aromatic rings. The summed E-state index contributed by atoms with van der Waals surface area (Å²) in [5.74, 6) is -1.25. The Balaban J connectivity index is 0.000000250. The van der Waals surface area contributed by atoms with Crippen molar-refractivity contribution < 1.29 is 10.2 Å². The third-order valence-electron chi connectivity index (χ3n) is 0.697. The summed E-state index contributed by atoms with van der Waals surface area (Å²) < 4.78 is 0. The monoisotopic (exact) mass is 91.1 g/mol. The minimum Gasteiger partial charge on any atom is -0.366 e. The zero-order valence-electron chi connectivity index (χ0n) is 3.52. The van der Waals surface area contributed by atoms with Gasteiger partial charge in [0.05, 0.1) is 0 Å². The van der Waals surface area contributed by atoms with E-state index in [2.05, 4.69) is 0 Å². The first-order chi connectivity index (χ1) is 2.21. The maximum absolute atomic E-state index is 8.19. The molecule has 0 bridgehead atoms. The van der Waals surface area contributed by atoms with E-state index in [0.717, 1.165) is 0 Å². The molecule has 0 aromatic carbocycles. The fourth-order valence-corrected chi connectivity index (χ4v) is 0.112. The summed E-state index contributed by atoms with van der Waals surface area (Å²) >= 11 is 0. The lowest BCUT2D eigenvalue weighted by Crippen LogP contribution is -2.00. The van der Waals surface area contributed by atoms with E-state index in [4.69, 9.17) is 10.2 Å². The summed E-state index contributed by atoms with van der Waals surface area (Å²) in [6.07, 6.45) is 1.12. The molecule has 6 heavy (non-hydrogen) atoms. The Hall–Kier alpha value is -0.120. The molecule has 1 rings (SSSR count). The fourth-order valence-electron chi connectivity index (χ4n) is 0.112. The van der Waals surface area contributed by atoms with Gasteiger partial charge in [0.2, 0.25) is 0 Å². The molecule has 5 N–H and O–H groups in total. The van der Waals surface area contributed by atoms with Crippen LogP contribution in [0.2, 0.25) is 0 Å². The van der Waals surface area contributed by atoms with Gasteiger partial charge in [-0.25, -0.2) is 0 Å². The van der Waals surface area contributed by atoms with Crippen molar-refractivity contribution in [2.45, 2.75) is 18.6 Å². The van der Waals surface area contributed by atoms with E-state index in [1.165, 1.54) is 0 Å². The summed E-state index contributed by atoms with van der Waals surface area (Å²) in [5.41, 5.74) is 0. The summed E-state index contributed by atoms with van der Waals surface area (Å²) in [6, 6.07) is 0. The van der Waals surface area contributed by atoms with E-state index in [1.807, 2.05) is 0 Å². The largest absolute Gasteiger partial charge is 0.366 e. The second-order valence-electron chi connectivity index (χ2n) is 1.48. The first-order valence-corrected chi connectivity index (χ1v) is 1.65. The zero-order chi connectivity index (χ0) is 3.91. The molecular formula is C3H9NO2. The predicted molar refractivity (Wildman–Crippen MR) is 21.4 cm³/mol. The van der Waals surface area contributed by atoms with Gasteiger partial charge in [0.25, 0.3) is 0 Å². The van der Waals surface area contributed by atoms with Crippen LogP contribution in [0.3, 0.4) is 0 Å². The molecule has 1 aliphatic rings. The predicted octanol–water partition coefficient (Wildman–Crippen LogP) is -0.377. The first kappa shape index (κ1) is 5.88. The average Bonchev–Trinajstić information content (AvgIpc) is 1.76. The first-order valence-electron chi connectivity index (χ1n) is 1.65. The average molecular weight is 91.1 g/mol. The lowest BCUT2D eigenvalue weighted by atomic mass is 10.7. The highest BCUT2D eigenvalue weighted by molar-refractivity contribution is 4.79. The third-order valence-corrected chi connectivity index (χ3v) is 0.697. The molecule has 1 saturated carbocycles. The molecule has 3 nitrogen and oxygen atoms in total. The van der Waals surface area contributed by atoms with Gasteiger partial charge in [0.15, 0.2) is 5.79 Å². The van der Waals surface area contributed by atoms with Crippen molar-refractivity contribution in [1.29, 1.82) is 0 Å². The fraction of sp³-hybridized carbons (Fsp3) is 1.00. The number of hydrogen-bond donors (Lipinski definition) is 3. The minimum atomic E-state index is -1.25. The zero-order valence-corrected chi connectivity index (χ0v) is 3.52. The van der Waals surface area contributed by atoms with Gasteiger partial charge >= 0.3 is 0 Å². The molecule has 0 amide bonds. The Morgan fingerprint density at radius 2 is 1.33 bits per heavy atom. The van der Waals surface area contributed by atoms with Crippen molar-refractivity contribution >= 4 is 0 Å². The van der Waals surface area contributed by atoms with Crippen LogP contribution in [0.15, 0.2) is 0 Å². The highest BCUT2D eigenvalue weighted by atomic mass is 16.5. The molecule has 0 radical (unpaired) electrons. The van der Waals surface area contributed by atoms with Gasteiger partial charge < -0.3 is 16.4 Å². The van der Waals surface area contributed by atoms with Crippen LogP contribution in [0.1, 0.15) is 12.8 Å². The quantitative estimate of drug-likeness (QED) is 0.356. The van der Waals surface area contributed by atoms with E-state index in [9.17, 15) is 0 Å². The molecule has 0 heterocycles. The summed E-state index contributed by atoms with van der Waals surface area (Å²) in [4.78, 5) is 0. The van der Waals surface area contributed by atoms with E-state index < -0.39 is 5.79 Å². The van der Waals surface area contributed by atoms with Crippen molar-refractivity contribution in [2.75, 3.05) is 0 Å². The summed E-state index contributed by atoms with van der Waals surface area (Å²) in [7, 11) is 0. The van der Waals surface area contributed by atoms with Gasteiger partial charge in [-0.1, -0.05) is 0 Å². The van der Waals surface area contributed by atoms with E-state index in [0.29, 0.717) is 12.8 Å². The smallest absolute Gasteiger partial charge is 0.162 e. The van der Waals surface area contributed by atoms with Crippen molar-refractivity contribution in [2.24, 2.45) is 0 Å². The second kappa shape index (κ2) is 1.18. The topological polar surface area (TPSA) is 75.5 Å². The maximum atomic E-state index is 8.19. The van der Waals surface area contributed by atoms with Crippen molar-refractivity contribution in [3.05, 3.63) is 0 Å². The van der Waals surface area contributed by atoms with Crippen LogP contribution in [0.5, 0.6) is 0 Å². The van der Waals surface area contributed by atoms with Crippen LogP contribution >= 0.6 is 0 Å².